The second kappa shape index (κ2) is 4.74. The van der Waals surface area contributed by atoms with Gasteiger partial charge in [-0.05, 0) is 24.3 Å². The van der Waals surface area contributed by atoms with Gasteiger partial charge >= 0.3 is 0 Å². The van der Waals surface area contributed by atoms with Crippen LogP contribution in [-0.4, -0.2) is 29.8 Å². The Kier molecular flexibility index (Phi) is 3.06. The van der Waals surface area contributed by atoms with Crippen LogP contribution in [0.15, 0.2) is 30.5 Å². The number of ether oxygens (including phenoxy) is 1. The number of fused-ring (bicyclic) bond motifs is 1. The van der Waals surface area contributed by atoms with Gasteiger partial charge in [-0.3, -0.25) is 9.78 Å². The number of thiol groups is 1. The molecule has 19 heavy (non-hydrogen) atoms. The van der Waals surface area contributed by atoms with E-state index in [0.717, 1.165) is 16.6 Å². The molecule has 0 radical (unpaired) electrons. The first-order chi connectivity index (χ1) is 9.20. The molecule has 1 fully saturated rings. The molecular weight excluding hydrogens is 260 g/mol. The van der Waals surface area contributed by atoms with Crippen LogP contribution in [0.5, 0.6) is 5.75 Å². The number of anilines is 1. The monoisotopic (exact) mass is 274 g/mol. The van der Waals surface area contributed by atoms with Crippen molar-refractivity contribution < 1.29 is 9.53 Å². The highest BCUT2D eigenvalue weighted by atomic mass is 32.1. The molecule has 2 aromatic rings. The SMILES string of the molecule is COc1ccc(N2CC(S)CC2=O)c2cccnc12. The first-order valence-electron chi connectivity index (χ1n) is 6.11. The third-order valence-corrected chi connectivity index (χ3v) is 3.67. The summed E-state index contributed by atoms with van der Waals surface area (Å²) in [6.45, 7) is 0.637. The van der Waals surface area contributed by atoms with Crippen molar-refractivity contribution in [3.63, 3.8) is 0 Å². The van der Waals surface area contributed by atoms with Crippen molar-refractivity contribution in [2.24, 2.45) is 0 Å². The van der Waals surface area contributed by atoms with Crippen molar-refractivity contribution in [3.05, 3.63) is 30.5 Å². The predicted molar refractivity (Wildman–Crippen MR) is 78.0 cm³/mol. The maximum atomic E-state index is 12.0. The molecule has 98 valence electrons. The summed E-state index contributed by atoms with van der Waals surface area (Å²) in [5.74, 6) is 0.823. The fourth-order valence-corrected chi connectivity index (χ4v) is 2.77. The summed E-state index contributed by atoms with van der Waals surface area (Å²) in [5.41, 5.74) is 1.66. The van der Waals surface area contributed by atoms with E-state index in [0.29, 0.717) is 18.7 Å². The lowest BCUT2D eigenvalue weighted by Gasteiger charge is -2.19. The van der Waals surface area contributed by atoms with Gasteiger partial charge in [-0.25, -0.2) is 0 Å². The number of carbonyl (C=O) groups excluding carboxylic acids is 1. The van der Waals surface area contributed by atoms with Crippen LogP contribution >= 0.6 is 12.6 Å². The number of methoxy groups -OCH3 is 1. The molecule has 0 saturated carbocycles. The first kappa shape index (κ1) is 12.3. The Hall–Kier alpha value is -1.75. The normalized spacial score (nSPS) is 19.2. The van der Waals surface area contributed by atoms with Crippen molar-refractivity contribution in [1.29, 1.82) is 0 Å². The number of aromatic nitrogens is 1. The lowest BCUT2D eigenvalue weighted by atomic mass is 10.1. The van der Waals surface area contributed by atoms with Gasteiger partial charge in [-0.2, -0.15) is 12.6 Å². The van der Waals surface area contributed by atoms with Gasteiger partial charge in [-0.15, -0.1) is 0 Å². The van der Waals surface area contributed by atoms with E-state index in [-0.39, 0.29) is 11.2 Å². The van der Waals surface area contributed by atoms with Crippen LogP contribution in [0.1, 0.15) is 6.42 Å². The van der Waals surface area contributed by atoms with Crippen molar-refractivity contribution in [2.45, 2.75) is 11.7 Å². The van der Waals surface area contributed by atoms with Crippen molar-refractivity contribution in [3.8, 4) is 5.75 Å². The Morgan fingerprint density at radius 1 is 1.42 bits per heavy atom. The van der Waals surface area contributed by atoms with Crippen LogP contribution in [0.2, 0.25) is 0 Å². The third kappa shape index (κ3) is 2.04. The molecule has 1 aliphatic heterocycles. The van der Waals surface area contributed by atoms with Gasteiger partial charge in [0.25, 0.3) is 0 Å². The average molecular weight is 274 g/mol. The van der Waals surface area contributed by atoms with Crippen LogP contribution in [0, 0.1) is 0 Å². The number of rotatable bonds is 2. The maximum Gasteiger partial charge on any atom is 0.228 e. The molecule has 1 aromatic carbocycles. The number of hydrogen-bond acceptors (Lipinski definition) is 4. The molecule has 1 saturated heterocycles. The molecule has 0 aliphatic carbocycles. The van der Waals surface area contributed by atoms with Crippen molar-refractivity contribution in [1.82, 2.24) is 4.98 Å². The minimum Gasteiger partial charge on any atom is -0.494 e. The minimum atomic E-state index is 0.0984. The van der Waals surface area contributed by atoms with Crippen LogP contribution in [0.4, 0.5) is 5.69 Å². The predicted octanol–water partition coefficient (Wildman–Crippen LogP) is 2.28. The van der Waals surface area contributed by atoms with E-state index in [2.05, 4.69) is 17.6 Å². The van der Waals surface area contributed by atoms with Gasteiger partial charge in [0.15, 0.2) is 0 Å². The summed E-state index contributed by atoms with van der Waals surface area (Å²) in [6.07, 6.45) is 2.21. The fraction of sp³-hybridized carbons (Fsp3) is 0.286. The van der Waals surface area contributed by atoms with Gasteiger partial charge < -0.3 is 9.64 Å². The largest absolute Gasteiger partial charge is 0.494 e. The zero-order valence-electron chi connectivity index (χ0n) is 10.5. The summed E-state index contributed by atoms with van der Waals surface area (Å²) >= 11 is 4.39. The van der Waals surface area contributed by atoms with E-state index in [4.69, 9.17) is 4.74 Å². The highest BCUT2D eigenvalue weighted by molar-refractivity contribution is 7.81. The average Bonchev–Trinajstić information content (AvgIpc) is 2.76. The van der Waals surface area contributed by atoms with Crippen LogP contribution < -0.4 is 9.64 Å². The van der Waals surface area contributed by atoms with E-state index in [1.165, 1.54) is 0 Å². The van der Waals surface area contributed by atoms with Gasteiger partial charge in [0.05, 0.1) is 12.8 Å². The highest BCUT2D eigenvalue weighted by Crippen LogP contribution is 2.34. The van der Waals surface area contributed by atoms with Crippen molar-refractivity contribution >= 4 is 35.1 Å². The van der Waals surface area contributed by atoms with E-state index >= 15 is 0 Å². The summed E-state index contributed by atoms with van der Waals surface area (Å²) in [4.78, 5) is 18.1. The number of nitrogens with zero attached hydrogens (tertiary/aromatic N) is 2. The van der Waals surface area contributed by atoms with Crippen LogP contribution in [0.3, 0.4) is 0 Å². The maximum absolute atomic E-state index is 12.0. The van der Waals surface area contributed by atoms with Crippen LogP contribution in [-0.2, 0) is 4.79 Å². The molecular formula is C14H14N2O2S. The zero-order valence-corrected chi connectivity index (χ0v) is 11.4. The Bertz CT molecular complexity index is 644. The molecule has 0 bridgehead atoms. The lowest BCUT2D eigenvalue weighted by molar-refractivity contribution is -0.117. The number of benzene rings is 1. The summed E-state index contributed by atoms with van der Waals surface area (Å²) in [6, 6.07) is 7.58. The van der Waals surface area contributed by atoms with E-state index < -0.39 is 0 Å². The highest BCUT2D eigenvalue weighted by Gasteiger charge is 2.29. The number of hydrogen-bond donors (Lipinski definition) is 1. The molecule has 0 N–H and O–H groups in total. The summed E-state index contributed by atoms with van der Waals surface area (Å²) in [5, 5.41) is 1.03. The quantitative estimate of drug-likeness (QED) is 0.854. The standard InChI is InChI=1S/C14H14N2O2S/c1-18-12-5-4-11(10-3-2-6-15-14(10)12)16-8-9(19)7-13(16)17/h2-6,9,19H,7-8H2,1H3. The second-order valence-electron chi connectivity index (χ2n) is 4.55. The van der Waals surface area contributed by atoms with Gasteiger partial charge in [0, 0.05) is 29.8 Å². The number of carbonyl (C=O) groups is 1. The van der Waals surface area contributed by atoms with Crippen LogP contribution in [0.25, 0.3) is 10.9 Å². The first-order valence-corrected chi connectivity index (χ1v) is 6.62. The molecule has 5 heteroatoms. The van der Waals surface area contributed by atoms with E-state index in [9.17, 15) is 4.79 Å². The lowest BCUT2D eigenvalue weighted by Crippen LogP contribution is -2.24. The number of pyridine rings is 1. The van der Waals surface area contributed by atoms with Crippen molar-refractivity contribution in [2.75, 3.05) is 18.6 Å². The molecule has 2 heterocycles. The molecule has 1 atom stereocenters. The molecule has 1 aromatic heterocycles. The third-order valence-electron chi connectivity index (χ3n) is 3.32. The Labute approximate surface area is 116 Å². The Morgan fingerprint density at radius 3 is 2.95 bits per heavy atom. The smallest absolute Gasteiger partial charge is 0.228 e. The zero-order chi connectivity index (χ0) is 13.4. The van der Waals surface area contributed by atoms with E-state index in [1.807, 2.05) is 24.3 Å². The molecule has 3 rings (SSSR count). The minimum absolute atomic E-state index is 0.0984. The van der Waals surface area contributed by atoms with Gasteiger partial charge in [0.1, 0.15) is 11.3 Å². The molecule has 1 unspecified atom stereocenters. The topological polar surface area (TPSA) is 42.4 Å². The Morgan fingerprint density at radius 2 is 2.26 bits per heavy atom. The molecule has 1 amide bonds. The van der Waals surface area contributed by atoms with Gasteiger partial charge in [0.2, 0.25) is 5.91 Å². The van der Waals surface area contributed by atoms with Gasteiger partial charge in [-0.1, -0.05) is 0 Å². The molecule has 0 spiro atoms. The second-order valence-corrected chi connectivity index (χ2v) is 5.28. The van der Waals surface area contributed by atoms with E-state index in [1.54, 1.807) is 18.2 Å². The molecule has 4 nitrogen and oxygen atoms in total. The molecule has 1 aliphatic rings. The summed E-state index contributed by atoms with van der Waals surface area (Å²) < 4.78 is 5.31. The number of amides is 1. The summed E-state index contributed by atoms with van der Waals surface area (Å²) in [7, 11) is 1.62. The fourth-order valence-electron chi connectivity index (χ4n) is 2.45. The Balaban J connectivity index is 2.17.